The summed E-state index contributed by atoms with van der Waals surface area (Å²) >= 11 is 0. The molecule has 0 aromatic heterocycles. The van der Waals surface area contributed by atoms with Crippen LogP contribution in [0.5, 0.6) is 0 Å². The highest BCUT2D eigenvalue weighted by Gasteiger charge is 2.13. The van der Waals surface area contributed by atoms with Gasteiger partial charge in [0.1, 0.15) is 0 Å². The van der Waals surface area contributed by atoms with Crippen molar-refractivity contribution in [3.05, 3.63) is 48.0 Å². The first-order valence-corrected chi connectivity index (χ1v) is 5.34. The van der Waals surface area contributed by atoms with Crippen LogP contribution in [-0.4, -0.2) is 5.11 Å². The fourth-order valence-electron chi connectivity index (χ4n) is 1.50. The molecule has 0 aliphatic carbocycles. The molecule has 82 valence electrons. The van der Waals surface area contributed by atoms with Crippen LogP contribution in [-0.2, 0) is 5.41 Å². The molecule has 0 aliphatic rings. The number of rotatable bonds is 3. The summed E-state index contributed by atoms with van der Waals surface area (Å²) in [6.45, 7) is 10.2. The van der Waals surface area contributed by atoms with E-state index in [-0.39, 0.29) is 5.41 Å². The van der Waals surface area contributed by atoms with E-state index in [1.807, 2.05) is 12.1 Å². The number of hydrogen-bond acceptors (Lipinski definition) is 1. The molecular formula is C14H20O. The Morgan fingerprint density at radius 3 is 2.20 bits per heavy atom. The van der Waals surface area contributed by atoms with Crippen molar-refractivity contribution in [2.75, 3.05) is 0 Å². The normalized spacial score (nSPS) is 13.6. The van der Waals surface area contributed by atoms with Crippen molar-refractivity contribution in [1.82, 2.24) is 0 Å². The Balaban J connectivity index is 2.85. The van der Waals surface area contributed by atoms with E-state index >= 15 is 0 Å². The number of benzene rings is 1. The van der Waals surface area contributed by atoms with E-state index in [1.54, 1.807) is 6.08 Å². The van der Waals surface area contributed by atoms with Crippen LogP contribution in [0.25, 0.3) is 0 Å². The van der Waals surface area contributed by atoms with E-state index in [0.29, 0.717) is 6.42 Å². The van der Waals surface area contributed by atoms with E-state index in [2.05, 4.69) is 39.5 Å². The predicted octanol–water partition coefficient (Wildman–Crippen LogP) is 3.59. The Labute approximate surface area is 92.5 Å². The maximum Gasteiger partial charge on any atom is 0.0824 e. The molecule has 1 heteroatoms. The van der Waals surface area contributed by atoms with Crippen LogP contribution in [0.1, 0.15) is 44.4 Å². The van der Waals surface area contributed by atoms with Crippen molar-refractivity contribution in [3.63, 3.8) is 0 Å². The van der Waals surface area contributed by atoms with E-state index < -0.39 is 6.10 Å². The van der Waals surface area contributed by atoms with Gasteiger partial charge in [-0.05, 0) is 23.0 Å². The molecule has 0 spiro atoms. The molecule has 1 rings (SSSR count). The third-order valence-electron chi connectivity index (χ3n) is 2.55. The summed E-state index contributed by atoms with van der Waals surface area (Å²) in [5.74, 6) is 0. The monoisotopic (exact) mass is 204 g/mol. The molecule has 0 heterocycles. The van der Waals surface area contributed by atoms with E-state index in [0.717, 1.165) is 5.56 Å². The van der Waals surface area contributed by atoms with Crippen LogP contribution < -0.4 is 0 Å². The van der Waals surface area contributed by atoms with Crippen molar-refractivity contribution in [1.29, 1.82) is 0 Å². The van der Waals surface area contributed by atoms with Crippen molar-refractivity contribution >= 4 is 0 Å². The van der Waals surface area contributed by atoms with Gasteiger partial charge in [-0.1, -0.05) is 51.1 Å². The minimum atomic E-state index is -0.420. The Bertz CT molecular complexity index is 316. The maximum atomic E-state index is 9.74. The molecule has 0 saturated heterocycles. The zero-order valence-corrected chi connectivity index (χ0v) is 9.83. The molecule has 0 saturated carbocycles. The van der Waals surface area contributed by atoms with E-state index in [1.165, 1.54) is 5.56 Å². The fraction of sp³-hybridized carbons (Fsp3) is 0.429. The summed E-state index contributed by atoms with van der Waals surface area (Å²) < 4.78 is 0. The summed E-state index contributed by atoms with van der Waals surface area (Å²) in [4.78, 5) is 0. The lowest BCUT2D eigenvalue weighted by atomic mass is 9.86. The molecule has 15 heavy (non-hydrogen) atoms. The molecule has 0 radical (unpaired) electrons. The lowest BCUT2D eigenvalue weighted by Gasteiger charge is -2.19. The van der Waals surface area contributed by atoms with Gasteiger partial charge in [0.05, 0.1) is 6.10 Å². The Morgan fingerprint density at radius 2 is 1.80 bits per heavy atom. The van der Waals surface area contributed by atoms with E-state index in [4.69, 9.17) is 0 Å². The van der Waals surface area contributed by atoms with Crippen LogP contribution in [0.2, 0.25) is 0 Å². The van der Waals surface area contributed by atoms with E-state index in [9.17, 15) is 5.11 Å². The van der Waals surface area contributed by atoms with Gasteiger partial charge in [0, 0.05) is 0 Å². The summed E-state index contributed by atoms with van der Waals surface area (Å²) in [6.07, 6.45) is 1.92. The first-order valence-electron chi connectivity index (χ1n) is 5.34. The lowest BCUT2D eigenvalue weighted by molar-refractivity contribution is 0.181. The number of aliphatic hydroxyl groups excluding tert-OH is 1. The third-order valence-corrected chi connectivity index (χ3v) is 2.55. The number of aliphatic hydroxyl groups is 1. The molecule has 0 aliphatic heterocycles. The standard InChI is InChI=1S/C14H20O/c1-5-6-13(15)11-7-9-12(10-8-11)14(2,3)4/h5,7-10,13,15H,1,6H2,2-4H3/t13-/m1/s1. The van der Waals surface area contributed by atoms with Crippen molar-refractivity contribution in [2.24, 2.45) is 0 Å². The second kappa shape index (κ2) is 4.63. The number of hydrogen-bond donors (Lipinski definition) is 1. The first kappa shape index (κ1) is 12.0. The zero-order chi connectivity index (χ0) is 11.5. The quantitative estimate of drug-likeness (QED) is 0.746. The van der Waals surface area contributed by atoms with Gasteiger partial charge in [0.25, 0.3) is 0 Å². The average Bonchev–Trinajstić information content (AvgIpc) is 2.17. The van der Waals surface area contributed by atoms with Crippen molar-refractivity contribution in [3.8, 4) is 0 Å². The van der Waals surface area contributed by atoms with Crippen LogP contribution in [0, 0.1) is 0 Å². The second-order valence-corrected chi connectivity index (χ2v) is 4.91. The molecule has 1 aromatic rings. The van der Waals surface area contributed by atoms with Gasteiger partial charge in [-0.15, -0.1) is 6.58 Å². The van der Waals surface area contributed by atoms with Gasteiger partial charge in [0.15, 0.2) is 0 Å². The molecule has 0 bridgehead atoms. The topological polar surface area (TPSA) is 20.2 Å². The Kier molecular flexibility index (Phi) is 3.70. The lowest BCUT2D eigenvalue weighted by Crippen LogP contribution is -2.11. The highest BCUT2D eigenvalue weighted by Crippen LogP contribution is 2.24. The molecule has 0 amide bonds. The molecule has 1 nitrogen and oxygen atoms in total. The Morgan fingerprint density at radius 1 is 1.27 bits per heavy atom. The summed E-state index contributed by atoms with van der Waals surface area (Å²) in [5.41, 5.74) is 2.42. The largest absolute Gasteiger partial charge is 0.388 e. The van der Waals surface area contributed by atoms with Gasteiger partial charge >= 0.3 is 0 Å². The average molecular weight is 204 g/mol. The Hall–Kier alpha value is -1.08. The minimum Gasteiger partial charge on any atom is -0.388 e. The molecule has 1 atom stereocenters. The molecule has 1 aromatic carbocycles. The van der Waals surface area contributed by atoms with Crippen LogP contribution >= 0.6 is 0 Å². The van der Waals surface area contributed by atoms with Gasteiger partial charge in [-0.3, -0.25) is 0 Å². The van der Waals surface area contributed by atoms with Gasteiger partial charge in [-0.25, -0.2) is 0 Å². The van der Waals surface area contributed by atoms with Crippen LogP contribution in [0.4, 0.5) is 0 Å². The highest BCUT2D eigenvalue weighted by atomic mass is 16.3. The third kappa shape index (κ3) is 3.21. The molecule has 1 N–H and O–H groups in total. The van der Waals surface area contributed by atoms with Gasteiger partial charge < -0.3 is 5.11 Å². The molecule has 0 fully saturated rings. The van der Waals surface area contributed by atoms with Crippen molar-refractivity contribution in [2.45, 2.75) is 38.7 Å². The predicted molar refractivity (Wildman–Crippen MR) is 64.9 cm³/mol. The van der Waals surface area contributed by atoms with Crippen molar-refractivity contribution < 1.29 is 5.11 Å². The first-order chi connectivity index (χ1) is 6.95. The fourth-order valence-corrected chi connectivity index (χ4v) is 1.50. The highest BCUT2D eigenvalue weighted by molar-refractivity contribution is 5.28. The minimum absolute atomic E-state index is 0.169. The van der Waals surface area contributed by atoms with Gasteiger partial charge in [-0.2, -0.15) is 0 Å². The van der Waals surface area contributed by atoms with Crippen LogP contribution in [0.15, 0.2) is 36.9 Å². The summed E-state index contributed by atoms with van der Waals surface area (Å²) in [5, 5.41) is 9.74. The van der Waals surface area contributed by atoms with Crippen LogP contribution in [0.3, 0.4) is 0 Å². The molecule has 0 unspecified atom stereocenters. The molecular weight excluding hydrogens is 184 g/mol. The van der Waals surface area contributed by atoms with Gasteiger partial charge in [0.2, 0.25) is 0 Å². The zero-order valence-electron chi connectivity index (χ0n) is 9.83. The summed E-state index contributed by atoms with van der Waals surface area (Å²) in [6, 6.07) is 8.16. The second-order valence-electron chi connectivity index (χ2n) is 4.91. The smallest absolute Gasteiger partial charge is 0.0824 e. The summed E-state index contributed by atoms with van der Waals surface area (Å²) in [7, 11) is 0. The SMILES string of the molecule is C=CC[C@@H](O)c1ccc(C(C)(C)C)cc1. The maximum absolute atomic E-state index is 9.74.